The smallest absolute Gasteiger partial charge is 0.254 e. The number of hydrogen-bond donors (Lipinski definition) is 1. The van der Waals surface area contributed by atoms with Crippen LogP contribution in [0, 0.1) is 5.92 Å². The summed E-state index contributed by atoms with van der Waals surface area (Å²) in [5, 5.41) is 0. The van der Waals surface area contributed by atoms with Crippen LogP contribution in [0.2, 0.25) is 0 Å². The fourth-order valence-electron chi connectivity index (χ4n) is 5.87. The molecule has 0 bridgehead atoms. The molecule has 1 unspecified atom stereocenters. The summed E-state index contributed by atoms with van der Waals surface area (Å²) >= 11 is 0. The Bertz CT molecular complexity index is 792. The van der Waals surface area contributed by atoms with Crippen molar-refractivity contribution >= 4 is 5.91 Å². The molecule has 0 radical (unpaired) electrons. The van der Waals surface area contributed by atoms with Crippen LogP contribution in [0.25, 0.3) is 0 Å². The second-order valence-electron chi connectivity index (χ2n) is 9.29. The number of likely N-dealkylation sites (tertiary alicyclic amines) is 1. The minimum Gasteiger partial charge on any atom is -0.342 e. The van der Waals surface area contributed by atoms with E-state index in [1.54, 1.807) is 0 Å². The lowest BCUT2D eigenvalue weighted by molar-refractivity contribution is -0.134. The van der Waals surface area contributed by atoms with Gasteiger partial charge in [0.15, 0.2) is 0 Å². The average Bonchev–Trinajstić information content (AvgIpc) is 3.49. The lowest BCUT2D eigenvalue weighted by Gasteiger charge is -2.32. The first-order valence-electron chi connectivity index (χ1n) is 11.3. The zero-order valence-electron chi connectivity index (χ0n) is 16.8. The van der Waals surface area contributed by atoms with Gasteiger partial charge in [0.1, 0.15) is 5.82 Å². The minimum absolute atomic E-state index is 0.0478. The van der Waals surface area contributed by atoms with Crippen molar-refractivity contribution in [2.75, 3.05) is 19.6 Å². The molecule has 1 aromatic heterocycles. The van der Waals surface area contributed by atoms with E-state index in [2.05, 4.69) is 9.88 Å². The zero-order valence-corrected chi connectivity index (χ0v) is 16.8. The van der Waals surface area contributed by atoms with Crippen molar-refractivity contribution in [1.82, 2.24) is 19.8 Å². The topological polar surface area (TPSA) is 69.3 Å². The summed E-state index contributed by atoms with van der Waals surface area (Å²) in [4.78, 5) is 38.0. The molecule has 4 aliphatic rings. The zero-order chi connectivity index (χ0) is 19.1. The van der Waals surface area contributed by atoms with E-state index < -0.39 is 0 Å². The number of hydrogen-bond acceptors (Lipinski definition) is 4. The van der Waals surface area contributed by atoms with Crippen molar-refractivity contribution in [3.05, 3.63) is 27.4 Å². The number of aromatic nitrogens is 2. The third-order valence-electron chi connectivity index (χ3n) is 7.55. The predicted molar refractivity (Wildman–Crippen MR) is 107 cm³/mol. The SMILES string of the molecule is O=C(C1CCCC1)N1CCC(c2nc3c(c(=O)[nH]2)CCN(C2CCCC2)C3)C1. The Labute approximate surface area is 166 Å². The first-order chi connectivity index (χ1) is 13.7. The monoisotopic (exact) mass is 384 g/mol. The van der Waals surface area contributed by atoms with Crippen LogP contribution in [0.5, 0.6) is 0 Å². The number of aromatic amines is 1. The van der Waals surface area contributed by atoms with E-state index in [1.165, 1.54) is 38.5 Å². The molecule has 5 rings (SSSR count). The van der Waals surface area contributed by atoms with Crippen molar-refractivity contribution in [1.29, 1.82) is 0 Å². The molecule has 1 N–H and O–H groups in total. The van der Waals surface area contributed by atoms with E-state index in [1.807, 2.05) is 4.90 Å². The van der Waals surface area contributed by atoms with Crippen molar-refractivity contribution in [3.8, 4) is 0 Å². The molecule has 1 aromatic rings. The van der Waals surface area contributed by atoms with Crippen LogP contribution in [0.15, 0.2) is 4.79 Å². The maximum atomic E-state index is 12.7. The van der Waals surface area contributed by atoms with Gasteiger partial charge in [0, 0.05) is 49.6 Å². The molecule has 3 heterocycles. The molecule has 6 nitrogen and oxygen atoms in total. The van der Waals surface area contributed by atoms with Gasteiger partial charge in [-0.05, 0) is 38.5 Å². The first-order valence-corrected chi connectivity index (χ1v) is 11.3. The van der Waals surface area contributed by atoms with Gasteiger partial charge < -0.3 is 9.88 Å². The Kier molecular flexibility index (Phi) is 4.99. The highest BCUT2D eigenvalue weighted by atomic mass is 16.2. The molecule has 28 heavy (non-hydrogen) atoms. The molecule has 2 aliphatic carbocycles. The molecule has 1 amide bonds. The standard InChI is InChI=1S/C22H32N4O2/c27-21-18-10-12-25(17-7-3-4-8-17)14-19(18)23-20(24-21)16-9-11-26(13-16)22(28)15-5-1-2-6-15/h15-17H,1-14H2,(H,23,24,27). The van der Waals surface area contributed by atoms with Crippen molar-refractivity contribution in [2.45, 2.75) is 82.7 Å². The number of nitrogens with zero attached hydrogens (tertiary/aromatic N) is 3. The van der Waals surface area contributed by atoms with E-state index >= 15 is 0 Å². The van der Waals surface area contributed by atoms with Crippen LogP contribution >= 0.6 is 0 Å². The molecule has 152 valence electrons. The number of nitrogens with one attached hydrogen (secondary N) is 1. The number of carbonyl (C=O) groups excluding carboxylic acids is 1. The van der Waals surface area contributed by atoms with Gasteiger partial charge >= 0.3 is 0 Å². The molecular formula is C22H32N4O2. The molecule has 1 atom stereocenters. The number of rotatable bonds is 3. The predicted octanol–water partition coefficient (Wildman–Crippen LogP) is 2.58. The Morgan fingerprint density at radius 1 is 1.00 bits per heavy atom. The second-order valence-corrected chi connectivity index (χ2v) is 9.29. The highest BCUT2D eigenvalue weighted by Crippen LogP contribution is 2.32. The molecule has 3 fully saturated rings. The molecule has 0 aromatic carbocycles. The van der Waals surface area contributed by atoms with E-state index in [9.17, 15) is 9.59 Å². The van der Waals surface area contributed by atoms with Crippen molar-refractivity contribution in [3.63, 3.8) is 0 Å². The van der Waals surface area contributed by atoms with Gasteiger partial charge in [-0.25, -0.2) is 4.98 Å². The Hall–Kier alpha value is -1.69. The van der Waals surface area contributed by atoms with Crippen molar-refractivity contribution < 1.29 is 4.79 Å². The maximum absolute atomic E-state index is 12.7. The lowest BCUT2D eigenvalue weighted by Crippen LogP contribution is -2.41. The first kappa shape index (κ1) is 18.3. The second kappa shape index (κ2) is 7.62. The van der Waals surface area contributed by atoms with Gasteiger partial charge in [-0.3, -0.25) is 14.5 Å². The third kappa shape index (κ3) is 3.40. The van der Waals surface area contributed by atoms with Crippen LogP contribution in [0.3, 0.4) is 0 Å². The Morgan fingerprint density at radius 3 is 2.54 bits per heavy atom. The maximum Gasteiger partial charge on any atom is 0.254 e. The summed E-state index contributed by atoms with van der Waals surface area (Å²) in [6, 6.07) is 0.670. The number of fused-ring (bicyclic) bond motifs is 1. The summed E-state index contributed by atoms with van der Waals surface area (Å²) in [6.45, 7) is 3.31. The van der Waals surface area contributed by atoms with Gasteiger partial charge in [-0.15, -0.1) is 0 Å². The molecular weight excluding hydrogens is 352 g/mol. The number of carbonyl (C=O) groups is 1. The van der Waals surface area contributed by atoms with Gasteiger partial charge in [0.05, 0.1) is 5.69 Å². The van der Waals surface area contributed by atoms with E-state index in [4.69, 9.17) is 4.98 Å². The number of amides is 1. The lowest BCUT2D eigenvalue weighted by atomic mass is 10.0. The average molecular weight is 385 g/mol. The van der Waals surface area contributed by atoms with Crippen LogP contribution in [-0.4, -0.2) is 51.4 Å². The highest BCUT2D eigenvalue weighted by molar-refractivity contribution is 5.79. The largest absolute Gasteiger partial charge is 0.342 e. The molecule has 2 saturated carbocycles. The summed E-state index contributed by atoms with van der Waals surface area (Å²) < 4.78 is 0. The molecule has 2 aliphatic heterocycles. The fraction of sp³-hybridized carbons (Fsp3) is 0.773. The Morgan fingerprint density at radius 2 is 1.75 bits per heavy atom. The quantitative estimate of drug-likeness (QED) is 0.870. The van der Waals surface area contributed by atoms with Crippen LogP contribution < -0.4 is 5.56 Å². The highest BCUT2D eigenvalue weighted by Gasteiger charge is 2.35. The summed E-state index contributed by atoms with van der Waals surface area (Å²) in [5.41, 5.74) is 1.92. The van der Waals surface area contributed by atoms with Gasteiger partial charge in [-0.2, -0.15) is 0 Å². The fourth-order valence-corrected chi connectivity index (χ4v) is 5.87. The molecule has 6 heteroatoms. The summed E-state index contributed by atoms with van der Waals surface area (Å²) in [7, 11) is 0. The van der Waals surface area contributed by atoms with Crippen molar-refractivity contribution in [2.24, 2.45) is 5.92 Å². The van der Waals surface area contributed by atoms with Crippen LogP contribution in [-0.2, 0) is 17.8 Å². The normalized spacial score (nSPS) is 26.9. The van der Waals surface area contributed by atoms with Crippen LogP contribution in [0.1, 0.15) is 80.8 Å². The Balaban J connectivity index is 1.31. The number of H-pyrrole nitrogens is 1. The molecule has 0 spiro atoms. The van der Waals surface area contributed by atoms with Gasteiger partial charge in [-0.1, -0.05) is 25.7 Å². The van der Waals surface area contributed by atoms with E-state index in [0.29, 0.717) is 18.5 Å². The molecule has 1 saturated heterocycles. The minimum atomic E-state index is 0.0478. The van der Waals surface area contributed by atoms with E-state index in [0.717, 1.165) is 62.4 Å². The third-order valence-corrected chi connectivity index (χ3v) is 7.55. The van der Waals surface area contributed by atoms with Crippen LogP contribution in [0.4, 0.5) is 0 Å². The summed E-state index contributed by atoms with van der Waals surface area (Å²) in [6.07, 6.45) is 11.4. The summed E-state index contributed by atoms with van der Waals surface area (Å²) in [5.74, 6) is 1.53. The van der Waals surface area contributed by atoms with Gasteiger partial charge in [0.25, 0.3) is 5.56 Å². The van der Waals surface area contributed by atoms with Gasteiger partial charge in [0.2, 0.25) is 5.91 Å². The van der Waals surface area contributed by atoms with E-state index in [-0.39, 0.29) is 17.4 Å².